The highest BCUT2D eigenvalue weighted by Crippen LogP contribution is 2.39. The molecule has 0 spiro atoms. The van der Waals surface area contributed by atoms with Gasteiger partial charge in [-0.3, -0.25) is 24.0 Å². The molecule has 6 heterocycles. The Hall–Kier alpha value is -8.07. The van der Waals surface area contributed by atoms with Crippen molar-refractivity contribution in [2.45, 2.75) is 206 Å². The lowest BCUT2D eigenvalue weighted by molar-refractivity contribution is -0.265. The van der Waals surface area contributed by atoms with Gasteiger partial charge in [-0.15, -0.1) is 0 Å². The van der Waals surface area contributed by atoms with E-state index in [0.717, 1.165) is 28.9 Å². The number of aliphatic hydroxyl groups excluding tert-OH is 2. The SMILES string of the molecule is CO[C@H]1C[C@@H]2CC[C@@H](C)[C@@](O)(O2)C(=O)C(=O)N2CCCC[C@H]2C(=O)O[C@H]([C@H](C)C[C@@H]2CC[C@@H](OC(=O)NCCOCCOCCOCCOCCOCCOCCOCCOCCC(=O)NCCCCn3nc(-c4ccc5oc(N)nc5c4)c4c(N)ncnc43)[C@H](OC)C2)CC(=O)[C@H](C)/C=C(\C)[C@@H](O)[C@@H](O)C(=O)[C@H](C)C[C@H](C)/C=C/C=CC=C1C. The number of aliphatic hydroxyl groups is 3. The van der Waals surface area contributed by atoms with Crippen molar-refractivity contribution in [3.8, 4) is 11.3 Å². The first-order valence-corrected chi connectivity index (χ1v) is 42.4. The first kappa shape index (κ1) is 97.4. The molecular weight excluding hydrogens is 1560 g/mol. The number of amides is 3. The fraction of sp³-hybridized carbons (Fsp3) is 0.686. The third-order valence-corrected chi connectivity index (χ3v) is 22.4. The molecule has 3 fully saturated rings. The number of Topliss-reactive ketones (excluding diaryl/α,β-unsaturated/α-hetero) is 3. The number of piperidine rings is 1. The number of esters is 1. The fourth-order valence-corrected chi connectivity index (χ4v) is 15.4. The number of nitrogen functional groups attached to an aromatic ring is 2. The molecule has 4 aromatic rings. The Morgan fingerprint density at radius 2 is 1.37 bits per heavy atom. The summed E-state index contributed by atoms with van der Waals surface area (Å²) in [6.45, 7) is 19.2. The Balaban J connectivity index is 0.648. The number of aryl methyl sites for hydroxylation is 1. The van der Waals surface area contributed by atoms with Crippen LogP contribution < -0.4 is 22.1 Å². The zero-order valence-electron chi connectivity index (χ0n) is 71.4. The molecule has 120 heavy (non-hydrogen) atoms. The molecule has 1 saturated carbocycles. The van der Waals surface area contributed by atoms with Gasteiger partial charge in [0.1, 0.15) is 59.6 Å². The molecule has 2 saturated heterocycles. The maximum atomic E-state index is 14.7. The number of ether oxygens (including phenoxy) is 13. The minimum absolute atomic E-state index is 0.0290. The molecular formula is C86H130N10O24. The van der Waals surface area contributed by atoms with E-state index in [0.29, 0.717) is 197 Å². The fourth-order valence-electron chi connectivity index (χ4n) is 15.4. The van der Waals surface area contributed by atoms with E-state index in [4.69, 9.17) is 82.6 Å². The highest BCUT2D eigenvalue weighted by Gasteiger charge is 2.53. The molecule has 1 aliphatic carbocycles. The third-order valence-electron chi connectivity index (χ3n) is 22.4. The minimum Gasteiger partial charge on any atom is -0.460 e. The molecule has 9 N–H and O–H groups in total. The van der Waals surface area contributed by atoms with Gasteiger partial charge in [-0.05, 0) is 138 Å². The quantitative estimate of drug-likeness (QED) is 0.00984. The second-order valence-corrected chi connectivity index (χ2v) is 31.7. The number of nitrogens with two attached hydrogens (primary N) is 2. The number of aromatic nitrogens is 5. The van der Waals surface area contributed by atoms with Crippen LogP contribution in [0.5, 0.6) is 0 Å². The van der Waals surface area contributed by atoms with Crippen molar-refractivity contribution in [3.63, 3.8) is 0 Å². The van der Waals surface area contributed by atoms with Crippen molar-refractivity contribution >= 4 is 75.2 Å². The summed E-state index contributed by atoms with van der Waals surface area (Å²) >= 11 is 0. The highest BCUT2D eigenvalue weighted by atomic mass is 16.6. The lowest BCUT2D eigenvalue weighted by Crippen LogP contribution is -2.61. The van der Waals surface area contributed by atoms with E-state index in [1.54, 1.807) is 45.7 Å². The molecule has 3 aromatic heterocycles. The number of hydrogen-bond donors (Lipinski definition) is 7. The number of cyclic esters (lactones) is 1. The zero-order chi connectivity index (χ0) is 86.5. The van der Waals surface area contributed by atoms with Crippen LogP contribution in [0.25, 0.3) is 33.4 Å². The first-order chi connectivity index (χ1) is 57.8. The second kappa shape index (κ2) is 51.1. The summed E-state index contributed by atoms with van der Waals surface area (Å²) < 4.78 is 82.1. The number of ketones is 3. The number of rotatable bonds is 39. The summed E-state index contributed by atoms with van der Waals surface area (Å²) in [4.78, 5) is 111. The molecule has 34 nitrogen and oxygen atoms in total. The monoisotopic (exact) mass is 1690 g/mol. The lowest BCUT2D eigenvalue weighted by Gasteiger charge is -2.42. The van der Waals surface area contributed by atoms with Crippen LogP contribution in [0.3, 0.4) is 0 Å². The number of unbranched alkanes of at least 4 members (excludes halogenated alkanes) is 1. The number of hydrogen-bond acceptors (Lipinski definition) is 30. The Labute approximate surface area is 703 Å². The summed E-state index contributed by atoms with van der Waals surface area (Å²) in [6, 6.07) is 4.33. The topological polar surface area (TPSA) is 449 Å². The molecule has 4 aliphatic rings. The van der Waals surface area contributed by atoms with Crippen LogP contribution >= 0.6 is 0 Å². The summed E-state index contributed by atoms with van der Waals surface area (Å²) in [6.07, 6.45) is 11.1. The number of fused-ring (bicyclic) bond motifs is 5. The average molecular weight is 1690 g/mol. The zero-order valence-corrected chi connectivity index (χ0v) is 71.4. The van der Waals surface area contributed by atoms with E-state index < -0.39 is 108 Å². The van der Waals surface area contributed by atoms with Gasteiger partial charge in [-0.2, -0.15) is 10.1 Å². The molecule has 3 amide bonds. The molecule has 8 rings (SSSR count). The van der Waals surface area contributed by atoms with E-state index in [1.165, 1.54) is 19.3 Å². The van der Waals surface area contributed by atoms with E-state index in [1.807, 2.05) is 63.3 Å². The van der Waals surface area contributed by atoms with Crippen molar-refractivity contribution in [1.82, 2.24) is 40.3 Å². The smallest absolute Gasteiger partial charge is 0.407 e. The van der Waals surface area contributed by atoms with Crippen molar-refractivity contribution < 1.29 is 115 Å². The van der Waals surface area contributed by atoms with E-state index in [-0.39, 0.29) is 87.1 Å². The van der Waals surface area contributed by atoms with Crippen LogP contribution in [-0.2, 0) is 96.9 Å². The van der Waals surface area contributed by atoms with Crippen molar-refractivity contribution in [1.29, 1.82) is 0 Å². The highest BCUT2D eigenvalue weighted by molar-refractivity contribution is 6.39. The van der Waals surface area contributed by atoms with Gasteiger partial charge in [0, 0.05) is 83.0 Å². The van der Waals surface area contributed by atoms with Crippen molar-refractivity contribution in [2.24, 2.45) is 35.5 Å². The number of allylic oxidation sites excluding steroid dienone is 6. The largest absolute Gasteiger partial charge is 0.460 e. The Morgan fingerprint density at radius 3 is 2.02 bits per heavy atom. The molecule has 1 aromatic carbocycles. The normalized spacial score (nSPS) is 26.6. The number of nitrogens with zero attached hydrogens (tertiary/aromatic N) is 6. The van der Waals surface area contributed by atoms with Crippen LogP contribution in [0.1, 0.15) is 145 Å². The summed E-state index contributed by atoms with van der Waals surface area (Å²) in [5, 5.41) is 45.7. The number of oxazole rings is 1. The minimum atomic E-state index is -2.49. The van der Waals surface area contributed by atoms with Gasteiger partial charge < -0.3 is 108 Å². The van der Waals surface area contributed by atoms with Crippen LogP contribution in [0.2, 0.25) is 0 Å². The number of benzene rings is 1. The van der Waals surface area contributed by atoms with Crippen LogP contribution in [-0.4, -0.2) is 280 Å². The van der Waals surface area contributed by atoms with Crippen molar-refractivity contribution in [3.05, 3.63) is 72.1 Å². The Kier molecular flexibility index (Phi) is 41.5. The third kappa shape index (κ3) is 30.5. The second-order valence-electron chi connectivity index (χ2n) is 31.7. The van der Waals surface area contributed by atoms with Gasteiger partial charge in [0.2, 0.25) is 11.7 Å². The van der Waals surface area contributed by atoms with E-state index >= 15 is 0 Å². The number of nitrogens with one attached hydrogen (secondary N) is 2. The Bertz CT molecular complexity index is 4000. The van der Waals surface area contributed by atoms with Gasteiger partial charge in [0.25, 0.3) is 17.7 Å². The molecule has 34 heteroatoms. The molecule has 0 radical (unpaired) electrons. The Morgan fingerprint density at radius 1 is 0.708 bits per heavy atom. The predicted octanol–water partition coefficient (Wildman–Crippen LogP) is 7.49. The van der Waals surface area contributed by atoms with Gasteiger partial charge >= 0.3 is 12.1 Å². The number of methoxy groups -OCH3 is 2. The maximum Gasteiger partial charge on any atom is 0.407 e. The summed E-state index contributed by atoms with van der Waals surface area (Å²) in [7, 11) is 3.10. The molecule has 3 aliphatic heterocycles. The average Bonchev–Trinajstić information content (AvgIpc) is 1.61. The standard InChI is InChI=1S/C86H130N10O24/c1-55-17-11-10-12-18-56(2)70(107-8)52-64-23-20-61(7)86(106,120-64)79(102)82(103)95-29-15-13-19-66(95)83(104)117-71(53-67(97)57(3)48-60(6)77(100)78(101)76(99)59(5)47-55)58(4)49-62-21-24-69(72(50-62)108-9)119-85(105)90-28-32-110-34-36-112-38-40-114-42-44-116-46-45-115-43-41-113-39-37-111-35-33-109-31-26-73(98)89-27-14-16-30-96-81-74(80(87)91-54-92-81)75(94-96)63-22-25-68-65(51-63)93-84(88)118-68/h10-12,17-18,22,25,48,51,54-55,57-59,61-62,64,66,69-72,77-78,100-101,106H,13-16,19-21,23-24,26-47,49-50,52-53H2,1-9H3,(H2,88,93)(H,89,98)(H,90,105)(H2,87,91,92)/b12-10?,17-11+,56-18?,60-48+/t55-,57-,58-,59-,61-,62+,64+,66+,69-,70+,71+,72-,77-,78+,86-/m1/s1. The van der Waals surface area contributed by atoms with Gasteiger partial charge in [-0.25, -0.2) is 24.2 Å². The van der Waals surface area contributed by atoms with E-state index in [2.05, 4.69) is 25.6 Å². The number of carbonyl (C=O) groups is 7. The van der Waals surface area contributed by atoms with Crippen LogP contribution in [0.15, 0.2) is 76.5 Å². The number of anilines is 2. The van der Waals surface area contributed by atoms with E-state index in [9.17, 15) is 48.9 Å². The molecule has 15 atom stereocenters. The van der Waals surface area contributed by atoms with Gasteiger partial charge in [0.05, 0.1) is 129 Å². The van der Waals surface area contributed by atoms with Crippen LogP contribution in [0.4, 0.5) is 16.6 Å². The number of carbonyl (C=O) groups excluding carboxylic acids is 7. The number of alkyl carbamates (subject to hydrolysis) is 1. The molecule has 668 valence electrons. The predicted molar refractivity (Wildman–Crippen MR) is 443 cm³/mol. The van der Waals surface area contributed by atoms with Crippen molar-refractivity contribution in [2.75, 3.05) is 151 Å². The summed E-state index contributed by atoms with van der Waals surface area (Å²) in [5.74, 6) is -9.07. The maximum absolute atomic E-state index is 14.7. The van der Waals surface area contributed by atoms with Gasteiger partial charge in [-0.1, -0.05) is 71.1 Å². The lowest BCUT2D eigenvalue weighted by atomic mass is 9.78. The molecule has 2 bridgehead atoms. The molecule has 0 unspecified atom stereocenters. The first-order valence-electron chi connectivity index (χ1n) is 42.4. The van der Waals surface area contributed by atoms with Crippen LogP contribution in [0, 0.1) is 35.5 Å². The summed E-state index contributed by atoms with van der Waals surface area (Å²) in [5.41, 5.74) is 16.2. The van der Waals surface area contributed by atoms with Gasteiger partial charge in [0.15, 0.2) is 17.0 Å².